The molecule has 2 rings (SSSR count). The van der Waals surface area contributed by atoms with Gasteiger partial charge < -0.3 is 18.9 Å². The van der Waals surface area contributed by atoms with Crippen molar-refractivity contribution in [2.75, 3.05) is 28.4 Å². The first-order valence-corrected chi connectivity index (χ1v) is 8.54. The molecule has 0 aromatic heterocycles. The number of benzene rings is 1. The second-order valence-corrected chi connectivity index (χ2v) is 6.95. The second-order valence-electron chi connectivity index (χ2n) is 5.84. The number of methoxy groups -OCH3 is 4. The maximum Gasteiger partial charge on any atom is 0.212 e. The van der Waals surface area contributed by atoms with Gasteiger partial charge in [0, 0.05) is 19.8 Å². The van der Waals surface area contributed by atoms with E-state index >= 15 is 0 Å². The maximum atomic E-state index is 13.4. The van der Waals surface area contributed by atoms with E-state index in [2.05, 4.69) is 15.9 Å². The largest absolute Gasteiger partial charge is 0.497 e. The molecule has 0 fully saturated rings. The lowest BCUT2D eigenvalue weighted by Gasteiger charge is -2.46. The number of alkyl halides is 1. The Kier molecular flexibility index (Phi) is 5.76. The highest BCUT2D eigenvalue weighted by atomic mass is 79.9. The monoisotopic (exact) mass is 410 g/mol. The van der Waals surface area contributed by atoms with Crippen molar-refractivity contribution in [3.05, 3.63) is 52.8 Å². The van der Waals surface area contributed by atoms with E-state index in [9.17, 15) is 4.79 Å². The number of ether oxygens (including phenoxy) is 4. The Labute approximate surface area is 156 Å². The van der Waals surface area contributed by atoms with Crippen LogP contribution in [0.1, 0.15) is 24.2 Å². The average molecular weight is 411 g/mol. The van der Waals surface area contributed by atoms with Crippen LogP contribution in [0.2, 0.25) is 0 Å². The van der Waals surface area contributed by atoms with Gasteiger partial charge in [0.2, 0.25) is 4.51 Å². The fourth-order valence-corrected chi connectivity index (χ4v) is 3.85. The second kappa shape index (κ2) is 7.32. The van der Waals surface area contributed by atoms with Crippen molar-refractivity contribution in [3.8, 4) is 5.75 Å². The van der Waals surface area contributed by atoms with Crippen LogP contribution in [-0.4, -0.2) is 44.3 Å². The Balaban J connectivity index is 2.72. The summed E-state index contributed by atoms with van der Waals surface area (Å²) in [5, 5.41) is 0. The Hall–Kier alpha value is -1.63. The lowest BCUT2D eigenvalue weighted by Crippen LogP contribution is -2.56. The summed E-state index contributed by atoms with van der Waals surface area (Å²) in [5.41, 5.74) is 0.551. The molecule has 1 aromatic rings. The summed E-state index contributed by atoms with van der Waals surface area (Å²) in [6.45, 7) is 3.64. The minimum atomic E-state index is -1.14. The minimum absolute atomic E-state index is 0.188. The molecule has 0 spiro atoms. The van der Waals surface area contributed by atoms with Crippen LogP contribution in [0.5, 0.6) is 5.75 Å². The SMILES string of the molecule is COC1=CC(C)=C(C(=O)c2ccccc2OC)C(C)(OC)C1(Br)OC. The van der Waals surface area contributed by atoms with Crippen LogP contribution in [0.15, 0.2) is 47.2 Å². The number of allylic oxidation sites excluding steroid dienone is 2. The van der Waals surface area contributed by atoms with E-state index in [4.69, 9.17) is 18.9 Å². The van der Waals surface area contributed by atoms with Gasteiger partial charge in [-0.25, -0.2) is 0 Å². The van der Waals surface area contributed by atoms with E-state index < -0.39 is 10.1 Å². The Bertz CT molecular complexity index is 739. The van der Waals surface area contributed by atoms with Crippen molar-refractivity contribution >= 4 is 21.7 Å². The van der Waals surface area contributed by atoms with Crippen molar-refractivity contribution in [1.82, 2.24) is 0 Å². The predicted octanol–water partition coefficient (Wildman–Crippen LogP) is 3.88. The van der Waals surface area contributed by atoms with Crippen molar-refractivity contribution in [2.45, 2.75) is 24.0 Å². The molecular weight excluding hydrogens is 388 g/mol. The molecule has 0 saturated carbocycles. The number of carbonyl (C=O) groups excluding carboxylic acids is 1. The van der Waals surface area contributed by atoms with Crippen LogP contribution in [-0.2, 0) is 14.2 Å². The zero-order valence-corrected chi connectivity index (χ0v) is 16.9. The first kappa shape index (κ1) is 19.7. The molecule has 0 heterocycles. The molecule has 2 unspecified atom stereocenters. The molecule has 1 aliphatic rings. The van der Waals surface area contributed by atoms with Gasteiger partial charge in [0.25, 0.3) is 0 Å². The summed E-state index contributed by atoms with van der Waals surface area (Å²) in [4.78, 5) is 13.4. The van der Waals surface area contributed by atoms with E-state index in [-0.39, 0.29) is 5.78 Å². The highest BCUT2D eigenvalue weighted by Crippen LogP contribution is 2.50. The molecule has 0 amide bonds. The van der Waals surface area contributed by atoms with Crippen LogP contribution in [0.25, 0.3) is 0 Å². The van der Waals surface area contributed by atoms with Gasteiger partial charge in [-0.05, 0) is 53.6 Å². The number of hydrogen-bond acceptors (Lipinski definition) is 5. The first-order chi connectivity index (χ1) is 11.8. The van der Waals surface area contributed by atoms with E-state index in [1.165, 1.54) is 21.3 Å². The lowest BCUT2D eigenvalue weighted by molar-refractivity contribution is -0.100. The van der Waals surface area contributed by atoms with Crippen LogP contribution >= 0.6 is 15.9 Å². The fraction of sp³-hybridized carbons (Fsp3) is 0.421. The molecule has 1 aromatic carbocycles. The van der Waals surface area contributed by atoms with E-state index in [1.807, 2.05) is 13.0 Å². The van der Waals surface area contributed by atoms with Crippen molar-refractivity contribution in [3.63, 3.8) is 0 Å². The van der Waals surface area contributed by atoms with Gasteiger partial charge in [-0.15, -0.1) is 0 Å². The number of ketones is 1. The summed E-state index contributed by atoms with van der Waals surface area (Å²) in [6.07, 6.45) is 1.78. The Morgan fingerprint density at radius 1 is 1.04 bits per heavy atom. The molecule has 5 nitrogen and oxygen atoms in total. The standard InChI is InChI=1S/C19H23BrO5/c1-12-11-15(23-4)19(20,25-6)18(2,24-5)16(12)17(21)13-9-7-8-10-14(13)22-3/h7-11H,1-6H3. The first-order valence-electron chi connectivity index (χ1n) is 7.75. The molecule has 25 heavy (non-hydrogen) atoms. The van der Waals surface area contributed by atoms with Crippen molar-refractivity contribution in [2.24, 2.45) is 0 Å². The number of rotatable bonds is 6. The molecule has 1 aliphatic carbocycles. The number of Topliss-reactive ketones (excluding diaryl/α,β-unsaturated/α-hetero) is 1. The molecule has 0 N–H and O–H groups in total. The van der Waals surface area contributed by atoms with Crippen LogP contribution < -0.4 is 4.74 Å². The minimum Gasteiger partial charge on any atom is -0.497 e. The zero-order chi connectivity index (χ0) is 18.8. The smallest absolute Gasteiger partial charge is 0.212 e. The Morgan fingerprint density at radius 3 is 2.20 bits per heavy atom. The lowest BCUT2D eigenvalue weighted by atomic mass is 9.77. The Morgan fingerprint density at radius 2 is 1.68 bits per heavy atom. The number of carbonyl (C=O) groups is 1. The van der Waals surface area contributed by atoms with E-state index in [0.29, 0.717) is 22.6 Å². The van der Waals surface area contributed by atoms with Crippen LogP contribution in [0.4, 0.5) is 0 Å². The van der Waals surface area contributed by atoms with Crippen molar-refractivity contribution < 1.29 is 23.7 Å². The molecule has 0 aliphatic heterocycles. The summed E-state index contributed by atoms with van der Waals surface area (Å²) >= 11 is 3.59. The van der Waals surface area contributed by atoms with Crippen molar-refractivity contribution in [1.29, 1.82) is 0 Å². The average Bonchev–Trinajstić information content (AvgIpc) is 2.64. The number of hydrogen-bond donors (Lipinski definition) is 0. The maximum absolute atomic E-state index is 13.4. The normalized spacial score (nSPS) is 26.3. The summed E-state index contributed by atoms with van der Waals surface area (Å²) in [6, 6.07) is 7.10. The van der Waals surface area contributed by atoms with Gasteiger partial charge in [-0.1, -0.05) is 12.1 Å². The highest BCUT2D eigenvalue weighted by molar-refractivity contribution is 9.10. The fourth-order valence-electron chi connectivity index (χ4n) is 3.22. The summed E-state index contributed by atoms with van der Waals surface area (Å²) < 4.78 is 21.2. The molecular formula is C19H23BrO5. The molecule has 0 radical (unpaired) electrons. The van der Waals surface area contributed by atoms with Crippen LogP contribution in [0, 0.1) is 0 Å². The van der Waals surface area contributed by atoms with Gasteiger partial charge in [-0.3, -0.25) is 4.79 Å². The van der Waals surface area contributed by atoms with Gasteiger partial charge in [0.15, 0.2) is 5.78 Å². The molecule has 136 valence electrons. The number of para-hydroxylation sites is 1. The third-order valence-corrected chi connectivity index (χ3v) is 6.11. The van der Waals surface area contributed by atoms with Crippen LogP contribution in [0.3, 0.4) is 0 Å². The number of halogens is 1. The molecule has 6 heteroatoms. The van der Waals surface area contributed by atoms with Gasteiger partial charge in [-0.2, -0.15) is 0 Å². The quantitative estimate of drug-likeness (QED) is 0.525. The van der Waals surface area contributed by atoms with Gasteiger partial charge in [0.05, 0.1) is 19.8 Å². The van der Waals surface area contributed by atoms with Gasteiger partial charge in [0.1, 0.15) is 17.1 Å². The third-order valence-electron chi connectivity index (χ3n) is 4.64. The zero-order valence-electron chi connectivity index (χ0n) is 15.3. The van der Waals surface area contributed by atoms with E-state index in [1.54, 1.807) is 38.3 Å². The van der Waals surface area contributed by atoms with Gasteiger partial charge >= 0.3 is 0 Å². The summed E-state index contributed by atoms with van der Waals surface area (Å²) in [5.74, 6) is 0.838. The highest BCUT2D eigenvalue weighted by Gasteiger charge is 2.58. The summed E-state index contributed by atoms with van der Waals surface area (Å²) in [7, 11) is 6.16. The van der Waals surface area contributed by atoms with E-state index in [0.717, 1.165) is 5.57 Å². The molecule has 0 bridgehead atoms. The molecule has 0 saturated heterocycles. The third kappa shape index (κ3) is 2.92. The molecule has 2 atom stereocenters. The predicted molar refractivity (Wildman–Crippen MR) is 99.2 cm³/mol. The topological polar surface area (TPSA) is 54.0 Å².